The molecule has 0 fully saturated rings. The fourth-order valence-corrected chi connectivity index (χ4v) is 2.03. The van der Waals surface area contributed by atoms with Crippen molar-refractivity contribution >= 4 is 17.2 Å². The van der Waals surface area contributed by atoms with Crippen molar-refractivity contribution in [3.63, 3.8) is 0 Å². The quantitative estimate of drug-likeness (QED) is 0.690. The first-order valence-corrected chi connectivity index (χ1v) is 5.92. The van der Waals surface area contributed by atoms with Gasteiger partial charge in [0.2, 0.25) is 5.92 Å². The van der Waals surface area contributed by atoms with Gasteiger partial charge in [0.25, 0.3) is 0 Å². The highest BCUT2D eigenvalue weighted by atomic mass is 35.5. The van der Waals surface area contributed by atoms with E-state index in [4.69, 9.17) is 11.6 Å². The first-order valence-electron chi connectivity index (χ1n) is 5.54. The first kappa shape index (κ1) is 14.2. The van der Waals surface area contributed by atoms with Gasteiger partial charge in [0.15, 0.2) is 0 Å². The molecule has 0 unspecified atom stereocenters. The van der Waals surface area contributed by atoms with Crippen molar-refractivity contribution < 1.29 is 8.78 Å². The van der Waals surface area contributed by atoms with Crippen molar-refractivity contribution in [2.24, 2.45) is 0 Å². The molecule has 0 atom stereocenters. The summed E-state index contributed by atoms with van der Waals surface area (Å²) >= 11 is 6.20. The highest BCUT2D eigenvalue weighted by molar-refractivity contribution is 6.33. The Labute approximate surface area is 106 Å². The van der Waals surface area contributed by atoms with Crippen molar-refractivity contribution in [1.82, 2.24) is 0 Å². The summed E-state index contributed by atoms with van der Waals surface area (Å²) in [5.74, 6) is -2.63. The van der Waals surface area contributed by atoms with Crippen LogP contribution in [0.1, 0.15) is 37.0 Å². The van der Waals surface area contributed by atoms with Gasteiger partial charge in [-0.1, -0.05) is 30.3 Å². The van der Waals surface area contributed by atoms with E-state index in [1.165, 1.54) is 0 Å². The molecule has 94 valence electrons. The number of aryl methyl sites for hydroxylation is 1. The summed E-state index contributed by atoms with van der Waals surface area (Å²) in [6.07, 6.45) is 0.183. The molecule has 0 saturated carbocycles. The lowest BCUT2D eigenvalue weighted by molar-refractivity contribution is 0.0133. The van der Waals surface area contributed by atoms with Gasteiger partial charge in [-0.25, -0.2) is 8.78 Å². The lowest BCUT2D eigenvalue weighted by atomic mass is 9.97. The van der Waals surface area contributed by atoms with Gasteiger partial charge < -0.3 is 0 Å². The minimum atomic E-state index is -2.63. The molecule has 17 heavy (non-hydrogen) atoms. The van der Waals surface area contributed by atoms with Crippen LogP contribution in [0.5, 0.6) is 0 Å². The third-order valence-electron chi connectivity index (χ3n) is 2.79. The maximum atomic E-state index is 12.8. The summed E-state index contributed by atoms with van der Waals surface area (Å²) in [6, 6.07) is 3.71. The Bertz CT molecular complexity index is 431. The molecule has 0 bridgehead atoms. The second-order valence-corrected chi connectivity index (χ2v) is 4.94. The average molecular weight is 259 g/mol. The number of hydrogen-bond acceptors (Lipinski definition) is 0. The van der Waals surface area contributed by atoms with Crippen LogP contribution in [0.2, 0.25) is 5.02 Å². The second-order valence-electron chi connectivity index (χ2n) is 4.56. The molecule has 0 aliphatic rings. The third-order valence-corrected chi connectivity index (χ3v) is 3.28. The molecule has 0 heterocycles. The van der Waals surface area contributed by atoms with Crippen LogP contribution in [0.25, 0.3) is 5.57 Å². The fraction of sp³-hybridized carbons (Fsp3) is 0.429. The zero-order valence-electron chi connectivity index (χ0n) is 10.4. The smallest absolute Gasteiger partial charge is 0.207 e. The number of alkyl halides is 2. The maximum Gasteiger partial charge on any atom is 0.245 e. The van der Waals surface area contributed by atoms with Gasteiger partial charge in [-0.2, -0.15) is 0 Å². The summed E-state index contributed by atoms with van der Waals surface area (Å²) in [7, 11) is 0. The van der Waals surface area contributed by atoms with E-state index in [2.05, 4.69) is 6.58 Å². The summed E-state index contributed by atoms with van der Waals surface area (Å²) in [5.41, 5.74) is 3.51. The molecule has 0 N–H and O–H groups in total. The molecular weight excluding hydrogens is 242 g/mol. The maximum absolute atomic E-state index is 12.8. The van der Waals surface area contributed by atoms with E-state index in [9.17, 15) is 8.78 Å². The van der Waals surface area contributed by atoms with Crippen LogP contribution >= 0.6 is 11.6 Å². The van der Waals surface area contributed by atoms with Crippen molar-refractivity contribution in [2.75, 3.05) is 0 Å². The van der Waals surface area contributed by atoms with Gasteiger partial charge in [0.05, 0.1) is 5.02 Å². The topological polar surface area (TPSA) is 0 Å². The minimum Gasteiger partial charge on any atom is -0.207 e. The van der Waals surface area contributed by atoms with Crippen molar-refractivity contribution in [3.05, 3.63) is 40.4 Å². The zero-order valence-corrected chi connectivity index (χ0v) is 11.2. The lowest BCUT2D eigenvalue weighted by Crippen LogP contribution is -2.11. The van der Waals surface area contributed by atoms with Crippen LogP contribution in [-0.2, 0) is 6.42 Å². The van der Waals surface area contributed by atoms with Gasteiger partial charge in [-0.05, 0) is 49.5 Å². The molecule has 1 aromatic carbocycles. The van der Waals surface area contributed by atoms with E-state index < -0.39 is 5.92 Å². The molecule has 0 aliphatic carbocycles. The molecule has 1 rings (SSSR count). The highest BCUT2D eigenvalue weighted by Crippen LogP contribution is 2.30. The molecule has 3 heteroatoms. The Balaban J connectivity index is 2.97. The largest absolute Gasteiger partial charge is 0.245 e. The number of benzene rings is 1. The summed E-state index contributed by atoms with van der Waals surface area (Å²) < 4.78 is 25.6. The molecule has 0 saturated heterocycles. The van der Waals surface area contributed by atoms with Gasteiger partial charge in [-0.3, -0.25) is 0 Å². The molecule has 0 nitrogen and oxygen atoms in total. The minimum absolute atomic E-state index is 0.156. The Morgan fingerprint density at radius 2 is 2.00 bits per heavy atom. The van der Waals surface area contributed by atoms with Crippen LogP contribution in [0.3, 0.4) is 0 Å². The number of halogens is 3. The van der Waals surface area contributed by atoms with Crippen LogP contribution < -0.4 is 0 Å². The number of allylic oxidation sites excluding steroid dienone is 1. The molecular formula is C14H17ClF2. The van der Waals surface area contributed by atoms with Gasteiger partial charge in [-0.15, -0.1) is 0 Å². The summed E-state index contributed by atoms with van der Waals surface area (Å²) in [6.45, 7) is 8.51. The summed E-state index contributed by atoms with van der Waals surface area (Å²) in [4.78, 5) is 0. The Morgan fingerprint density at radius 1 is 1.41 bits per heavy atom. The lowest BCUT2D eigenvalue weighted by Gasteiger charge is -2.14. The van der Waals surface area contributed by atoms with Crippen LogP contribution in [0.15, 0.2) is 18.7 Å². The average Bonchev–Trinajstić information content (AvgIpc) is 2.18. The zero-order chi connectivity index (χ0) is 13.2. The van der Waals surface area contributed by atoms with Crippen molar-refractivity contribution in [3.8, 4) is 0 Å². The number of rotatable bonds is 4. The van der Waals surface area contributed by atoms with E-state index in [0.29, 0.717) is 11.4 Å². The molecule has 0 aliphatic heterocycles. The van der Waals surface area contributed by atoms with Gasteiger partial charge >= 0.3 is 0 Å². The fourth-order valence-electron chi connectivity index (χ4n) is 1.68. The van der Waals surface area contributed by atoms with Crippen LogP contribution in [-0.4, -0.2) is 5.92 Å². The van der Waals surface area contributed by atoms with Gasteiger partial charge in [0, 0.05) is 6.42 Å². The van der Waals surface area contributed by atoms with Gasteiger partial charge in [0.1, 0.15) is 0 Å². The third kappa shape index (κ3) is 3.81. The van der Waals surface area contributed by atoms with Crippen LogP contribution in [0.4, 0.5) is 8.78 Å². The van der Waals surface area contributed by atoms with E-state index in [0.717, 1.165) is 29.2 Å². The number of hydrogen-bond donors (Lipinski definition) is 0. The van der Waals surface area contributed by atoms with Crippen molar-refractivity contribution in [1.29, 1.82) is 0 Å². The molecule has 0 spiro atoms. The Hall–Kier alpha value is -0.890. The normalized spacial score (nSPS) is 11.6. The first-order chi connectivity index (χ1) is 7.72. The monoisotopic (exact) mass is 258 g/mol. The predicted molar refractivity (Wildman–Crippen MR) is 69.8 cm³/mol. The standard InChI is InChI=1S/C14H17ClF2/c1-9(2)12-6-5-11(10(3)13(12)15)7-8-14(4,16)17/h5-6H,1,7-8H2,2-4H3. The SMILES string of the molecule is C=C(C)c1ccc(CCC(C)(F)F)c(C)c1Cl. The van der Waals surface area contributed by atoms with Crippen molar-refractivity contribution in [2.45, 2.75) is 39.5 Å². The second kappa shape index (κ2) is 5.18. The van der Waals surface area contributed by atoms with E-state index in [1.54, 1.807) is 0 Å². The van der Waals surface area contributed by atoms with E-state index in [1.807, 2.05) is 26.0 Å². The Kier molecular flexibility index (Phi) is 4.31. The molecule has 0 aromatic heterocycles. The van der Waals surface area contributed by atoms with E-state index in [-0.39, 0.29) is 6.42 Å². The molecule has 0 radical (unpaired) electrons. The highest BCUT2D eigenvalue weighted by Gasteiger charge is 2.21. The molecule has 1 aromatic rings. The predicted octanol–water partition coefficient (Wildman–Crippen LogP) is 5.27. The Morgan fingerprint density at radius 3 is 2.47 bits per heavy atom. The summed E-state index contributed by atoms with van der Waals surface area (Å²) in [5, 5.41) is 0.620. The van der Waals surface area contributed by atoms with E-state index >= 15 is 0 Å². The molecule has 0 amide bonds. The van der Waals surface area contributed by atoms with Crippen LogP contribution in [0, 0.1) is 6.92 Å².